The average molecular weight is 365 g/mol. The zero-order valence-electron chi connectivity index (χ0n) is 15.8. The van der Waals surface area contributed by atoms with E-state index < -0.39 is 0 Å². The van der Waals surface area contributed by atoms with Gasteiger partial charge in [-0.05, 0) is 42.5 Å². The number of hydrogen-bond donors (Lipinski definition) is 2. The second-order valence-corrected chi connectivity index (χ2v) is 7.17. The van der Waals surface area contributed by atoms with E-state index in [1.165, 1.54) is 0 Å². The van der Waals surface area contributed by atoms with E-state index in [4.69, 9.17) is 0 Å². The molecular formula is C22H27N3O2. The summed E-state index contributed by atoms with van der Waals surface area (Å²) in [6, 6.07) is 17.1. The first-order valence-electron chi connectivity index (χ1n) is 9.55. The van der Waals surface area contributed by atoms with Crippen LogP contribution < -0.4 is 10.6 Å². The maximum absolute atomic E-state index is 12.4. The first kappa shape index (κ1) is 19.0. The van der Waals surface area contributed by atoms with E-state index in [1.54, 1.807) is 12.1 Å². The lowest BCUT2D eigenvalue weighted by Crippen LogP contribution is -2.40. The highest BCUT2D eigenvalue weighted by Gasteiger charge is 2.19. The molecule has 0 bridgehead atoms. The second-order valence-electron chi connectivity index (χ2n) is 7.17. The molecule has 5 nitrogen and oxygen atoms in total. The van der Waals surface area contributed by atoms with Crippen molar-refractivity contribution in [3.8, 4) is 0 Å². The minimum absolute atomic E-state index is 0.112. The summed E-state index contributed by atoms with van der Waals surface area (Å²) in [6.07, 6.45) is 2.14. The predicted molar refractivity (Wildman–Crippen MR) is 108 cm³/mol. The van der Waals surface area contributed by atoms with Gasteiger partial charge >= 0.3 is 0 Å². The fraction of sp³-hybridized carbons (Fsp3) is 0.364. The highest BCUT2D eigenvalue weighted by atomic mass is 16.2. The van der Waals surface area contributed by atoms with E-state index in [-0.39, 0.29) is 18.4 Å². The third-order valence-electron chi connectivity index (χ3n) is 5.00. The molecule has 0 unspecified atom stereocenters. The highest BCUT2D eigenvalue weighted by Crippen LogP contribution is 2.16. The molecule has 1 aliphatic rings. The molecule has 0 atom stereocenters. The first-order chi connectivity index (χ1) is 13.1. The van der Waals surface area contributed by atoms with Gasteiger partial charge in [-0.25, -0.2) is 0 Å². The Hall–Kier alpha value is -2.82. The molecule has 2 aromatic carbocycles. The molecule has 1 saturated heterocycles. The lowest BCUT2D eigenvalue weighted by Gasteiger charge is -2.30. The molecular weight excluding hydrogens is 338 g/mol. The van der Waals surface area contributed by atoms with Gasteiger partial charge in [0.25, 0.3) is 5.91 Å². The standard InChI is InChI=1S/C22H27N3O2/c1-17-10-12-25(13-11-17)21(26)16-23-20-9-5-8-19(14-20)22(27)24-15-18-6-3-2-4-7-18/h2-9,14,17,23H,10-13,15-16H2,1H3,(H,24,27). The van der Waals surface area contributed by atoms with Crippen molar-refractivity contribution in [3.63, 3.8) is 0 Å². The zero-order valence-corrected chi connectivity index (χ0v) is 15.8. The number of hydrogen-bond acceptors (Lipinski definition) is 3. The van der Waals surface area contributed by atoms with Crippen LogP contribution in [-0.4, -0.2) is 36.3 Å². The summed E-state index contributed by atoms with van der Waals surface area (Å²) < 4.78 is 0. The van der Waals surface area contributed by atoms with Crippen LogP contribution in [0.15, 0.2) is 54.6 Å². The monoisotopic (exact) mass is 365 g/mol. The molecule has 0 radical (unpaired) electrons. The molecule has 3 rings (SSSR count). The lowest BCUT2D eigenvalue weighted by molar-refractivity contribution is -0.130. The number of likely N-dealkylation sites (tertiary alicyclic amines) is 1. The molecule has 0 aliphatic carbocycles. The Morgan fingerprint density at radius 2 is 1.78 bits per heavy atom. The number of nitrogens with zero attached hydrogens (tertiary/aromatic N) is 1. The minimum Gasteiger partial charge on any atom is -0.376 e. The smallest absolute Gasteiger partial charge is 0.251 e. The third kappa shape index (κ3) is 5.58. The predicted octanol–water partition coefficient (Wildman–Crippen LogP) is 3.29. The molecule has 2 N–H and O–H groups in total. The zero-order chi connectivity index (χ0) is 19.1. The van der Waals surface area contributed by atoms with Crippen LogP contribution in [0.25, 0.3) is 0 Å². The number of rotatable bonds is 6. The van der Waals surface area contributed by atoms with Crippen LogP contribution in [0.4, 0.5) is 5.69 Å². The van der Waals surface area contributed by atoms with Gasteiger partial charge in [-0.2, -0.15) is 0 Å². The number of benzene rings is 2. The Morgan fingerprint density at radius 3 is 2.52 bits per heavy atom. The van der Waals surface area contributed by atoms with Crippen molar-refractivity contribution in [2.75, 3.05) is 25.0 Å². The number of carbonyl (C=O) groups excluding carboxylic acids is 2. The molecule has 2 aromatic rings. The van der Waals surface area contributed by atoms with Crippen molar-refractivity contribution in [1.82, 2.24) is 10.2 Å². The van der Waals surface area contributed by atoms with Gasteiger partial charge in [-0.1, -0.05) is 43.3 Å². The van der Waals surface area contributed by atoms with Crippen molar-refractivity contribution < 1.29 is 9.59 Å². The SMILES string of the molecule is CC1CCN(C(=O)CNc2cccc(C(=O)NCc3ccccc3)c2)CC1. The summed E-state index contributed by atoms with van der Waals surface area (Å²) in [5.41, 5.74) is 2.41. The van der Waals surface area contributed by atoms with Crippen molar-refractivity contribution in [2.24, 2.45) is 5.92 Å². The Balaban J connectivity index is 1.50. The van der Waals surface area contributed by atoms with Crippen LogP contribution in [0.2, 0.25) is 0 Å². The average Bonchev–Trinajstić information content (AvgIpc) is 2.71. The van der Waals surface area contributed by atoms with E-state index in [2.05, 4.69) is 17.6 Å². The van der Waals surface area contributed by atoms with Gasteiger partial charge in [0.15, 0.2) is 0 Å². The molecule has 2 amide bonds. The second kappa shape index (κ2) is 9.21. The van der Waals surface area contributed by atoms with Gasteiger partial charge in [0.1, 0.15) is 0 Å². The van der Waals surface area contributed by atoms with Crippen molar-refractivity contribution in [2.45, 2.75) is 26.3 Å². The Morgan fingerprint density at radius 1 is 1.04 bits per heavy atom. The van der Waals surface area contributed by atoms with Gasteiger partial charge in [0.05, 0.1) is 6.54 Å². The fourth-order valence-corrected chi connectivity index (χ4v) is 3.20. The van der Waals surface area contributed by atoms with E-state index in [1.807, 2.05) is 47.4 Å². The molecule has 5 heteroatoms. The molecule has 1 heterocycles. The van der Waals surface area contributed by atoms with Crippen LogP contribution in [0.1, 0.15) is 35.7 Å². The van der Waals surface area contributed by atoms with E-state index in [0.717, 1.165) is 37.2 Å². The molecule has 1 fully saturated rings. The van der Waals surface area contributed by atoms with Gasteiger partial charge in [-0.15, -0.1) is 0 Å². The van der Waals surface area contributed by atoms with E-state index >= 15 is 0 Å². The molecule has 0 spiro atoms. The quantitative estimate of drug-likeness (QED) is 0.826. The van der Waals surface area contributed by atoms with Crippen molar-refractivity contribution in [3.05, 3.63) is 65.7 Å². The molecule has 0 saturated carbocycles. The largest absolute Gasteiger partial charge is 0.376 e. The normalized spacial score (nSPS) is 14.6. The van der Waals surface area contributed by atoms with Crippen molar-refractivity contribution in [1.29, 1.82) is 0 Å². The maximum Gasteiger partial charge on any atom is 0.251 e. The van der Waals surface area contributed by atoms with Gasteiger partial charge in [0.2, 0.25) is 5.91 Å². The van der Waals surface area contributed by atoms with Crippen LogP contribution in [0.5, 0.6) is 0 Å². The lowest BCUT2D eigenvalue weighted by atomic mass is 9.99. The summed E-state index contributed by atoms with van der Waals surface area (Å²) in [5, 5.41) is 6.07. The number of carbonyl (C=O) groups is 2. The van der Waals surface area contributed by atoms with Gasteiger partial charge in [-0.3, -0.25) is 9.59 Å². The van der Waals surface area contributed by atoms with Gasteiger partial charge in [0, 0.05) is 30.9 Å². The summed E-state index contributed by atoms with van der Waals surface area (Å²) in [5.74, 6) is 0.688. The third-order valence-corrected chi connectivity index (χ3v) is 5.00. The summed E-state index contributed by atoms with van der Waals surface area (Å²) in [6.45, 7) is 4.65. The maximum atomic E-state index is 12.4. The molecule has 142 valence electrons. The number of anilines is 1. The Bertz CT molecular complexity index is 768. The fourth-order valence-electron chi connectivity index (χ4n) is 3.20. The van der Waals surface area contributed by atoms with Crippen LogP contribution in [0, 0.1) is 5.92 Å². The van der Waals surface area contributed by atoms with E-state index in [0.29, 0.717) is 18.0 Å². The minimum atomic E-state index is -0.126. The molecule has 0 aromatic heterocycles. The highest BCUT2D eigenvalue weighted by molar-refractivity contribution is 5.95. The summed E-state index contributed by atoms with van der Waals surface area (Å²) >= 11 is 0. The number of nitrogens with one attached hydrogen (secondary N) is 2. The number of amides is 2. The van der Waals surface area contributed by atoms with Crippen molar-refractivity contribution >= 4 is 17.5 Å². The topological polar surface area (TPSA) is 61.4 Å². The molecule has 27 heavy (non-hydrogen) atoms. The van der Waals surface area contributed by atoms with Crippen LogP contribution in [0.3, 0.4) is 0 Å². The summed E-state index contributed by atoms with van der Waals surface area (Å²) in [7, 11) is 0. The Kier molecular flexibility index (Phi) is 6.47. The van der Waals surface area contributed by atoms with Gasteiger partial charge < -0.3 is 15.5 Å². The first-order valence-corrected chi connectivity index (χ1v) is 9.55. The summed E-state index contributed by atoms with van der Waals surface area (Å²) in [4.78, 5) is 26.6. The number of piperidine rings is 1. The van der Waals surface area contributed by atoms with Crippen LogP contribution in [-0.2, 0) is 11.3 Å². The Labute approximate surface area is 160 Å². The molecule has 1 aliphatic heterocycles. The van der Waals surface area contributed by atoms with E-state index in [9.17, 15) is 9.59 Å². The van der Waals surface area contributed by atoms with Crippen LogP contribution >= 0.6 is 0 Å².